The molecule has 0 aliphatic carbocycles. The molecule has 1 amide bonds. The standard InChI is InChI=1S/C17H22BrNO4/c1-2-13(8-12-4-3-5-14(18)9-12)16(22)19-17(10-15(20)21)6-7-23-11-17/h3-5,9,13H,2,6-8,10-11H2,1H3,(H,19,22)(H,20,21). The van der Waals surface area contributed by atoms with Crippen LogP contribution in [0.5, 0.6) is 0 Å². The van der Waals surface area contributed by atoms with E-state index in [4.69, 9.17) is 9.84 Å². The number of halogens is 1. The lowest BCUT2D eigenvalue weighted by atomic mass is 9.90. The topological polar surface area (TPSA) is 75.6 Å². The van der Waals surface area contributed by atoms with Crippen molar-refractivity contribution >= 4 is 27.8 Å². The molecule has 5 nitrogen and oxygen atoms in total. The fraction of sp³-hybridized carbons (Fsp3) is 0.529. The highest BCUT2D eigenvalue weighted by Crippen LogP contribution is 2.24. The van der Waals surface area contributed by atoms with Crippen LogP contribution in [0.2, 0.25) is 0 Å². The van der Waals surface area contributed by atoms with Crippen molar-refractivity contribution in [1.29, 1.82) is 0 Å². The van der Waals surface area contributed by atoms with Crippen molar-refractivity contribution in [2.24, 2.45) is 5.92 Å². The third kappa shape index (κ3) is 5.04. The molecule has 23 heavy (non-hydrogen) atoms. The first-order valence-electron chi connectivity index (χ1n) is 7.80. The maximum Gasteiger partial charge on any atom is 0.305 e. The number of amides is 1. The van der Waals surface area contributed by atoms with Gasteiger partial charge in [-0.05, 0) is 37.0 Å². The summed E-state index contributed by atoms with van der Waals surface area (Å²) in [5.41, 5.74) is 0.310. The first-order chi connectivity index (χ1) is 10.9. The largest absolute Gasteiger partial charge is 0.481 e. The van der Waals surface area contributed by atoms with Gasteiger partial charge in [0.25, 0.3) is 0 Å². The van der Waals surface area contributed by atoms with Crippen molar-refractivity contribution in [3.63, 3.8) is 0 Å². The van der Waals surface area contributed by atoms with Gasteiger partial charge in [-0.2, -0.15) is 0 Å². The summed E-state index contributed by atoms with van der Waals surface area (Å²) in [7, 11) is 0. The molecule has 1 fully saturated rings. The Labute approximate surface area is 144 Å². The van der Waals surface area contributed by atoms with Crippen LogP contribution in [0.4, 0.5) is 0 Å². The molecule has 2 unspecified atom stereocenters. The zero-order valence-electron chi connectivity index (χ0n) is 13.2. The molecular weight excluding hydrogens is 362 g/mol. The number of aliphatic carboxylic acids is 1. The minimum absolute atomic E-state index is 0.0979. The Bertz CT molecular complexity index is 569. The van der Waals surface area contributed by atoms with E-state index in [1.165, 1.54) is 0 Å². The van der Waals surface area contributed by atoms with Gasteiger partial charge in [-0.15, -0.1) is 0 Å². The normalized spacial score (nSPS) is 21.8. The smallest absolute Gasteiger partial charge is 0.305 e. The lowest BCUT2D eigenvalue weighted by Crippen LogP contribution is -2.52. The molecule has 126 valence electrons. The average molecular weight is 384 g/mol. The Kier molecular flexibility index (Phi) is 6.18. The number of hydrogen-bond acceptors (Lipinski definition) is 3. The molecule has 1 aromatic rings. The summed E-state index contributed by atoms with van der Waals surface area (Å²) in [6, 6.07) is 7.89. The van der Waals surface area contributed by atoms with Crippen molar-refractivity contribution in [3.05, 3.63) is 34.3 Å². The minimum Gasteiger partial charge on any atom is -0.481 e. The fourth-order valence-corrected chi connectivity index (χ4v) is 3.36. The second-order valence-electron chi connectivity index (χ2n) is 6.08. The minimum atomic E-state index is -0.921. The number of hydrogen-bond donors (Lipinski definition) is 2. The SMILES string of the molecule is CCC(Cc1cccc(Br)c1)C(=O)NC1(CC(=O)O)CCOC1. The Morgan fingerprint density at radius 3 is 2.83 bits per heavy atom. The molecule has 2 rings (SSSR count). The van der Waals surface area contributed by atoms with E-state index in [2.05, 4.69) is 21.2 Å². The van der Waals surface area contributed by atoms with E-state index in [1.807, 2.05) is 31.2 Å². The van der Waals surface area contributed by atoms with Crippen molar-refractivity contribution in [3.8, 4) is 0 Å². The van der Waals surface area contributed by atoms with E-state index in [-0.39, 0.29) is 24.9 Å². The molecule has 1 saturated heterocycles. The van der Waals surface area contributed by atoms with E-state index in [0.717, 1.165) is 10.0 Å². The van der Waals surface area contributed by atoms with E-state index in [0.29, 0.717) is 25.9 Å². The van der Waals surface area contributed by atoms with Crippen molar-refractivity contribution in [2.45, 2.75) is 38.1 Å². The predicted molar refractivity (Wildman–Crippen MR) is 90.2 cm³/mol. The first-order valence-corrected chi connectivity index (χ1v) is 8.59. The van der Waals surface area contributed by atoms with Gasteiger partial charge in [-0.1, -0.05) is 35.0 Å². The molecule has 1 aromatic carbocycles. The number of rotatable bonds is 7. The number of benzene rings is 1. The average Bonchev–Trinajstić information content (AvgIpc) is 2.91. The second-order valence-corrected chi connectivity index (χ2v) is 7.00. The van der Waals surface area contributed by atoms with Gasteiger partial charge < -0.3 is 15.2 Å². The second kappa shape index (κ2) is 7.93. The molecule has 6 heteroatoms. The van der Waals surface area contributed by atoms with Crippen LogP contribution >= 0.6 is 15.9 Å². The summed E-state index contributed by atoms with van der Waals surface area (Å²) in [6.45, 7) is 2.71. The Morgan fingerprint density at radius 1 is 1.48 bits per heavy atom. The van der Waals surface area contributed by atoms with Crippen LogP contribution in [0.25, 0.3) is 0 Å². The van der Waals surface area contributed by atoms with E-state index in [9.17, 15) is 9.59 Å². The van der Waals surface area contributed by atoms with Crippen LogP contribution in [0.15, 0.2) is 28.7 Å². The first kappa shape index (κ1) is 17.9. The van der Waals surface area contributed by atoms with Crippen molar-refractivity contribution in [2.75, 3.05) is 13.2 Å². The van der Waals surface area contributed by atoms with Crippen LogP contribution in [0.1, 0.15) is 31.7 Å². The van der Waals surface area contributed by atoms with Gasteiger partial charge in [0.1, 0.15) is 0 Å². The van der Waals surface area contributed by atoms with Gasteiger partial charge in [0.2, 0.25) is 5.91 Å². The number of carboxylic acid groups (broad SMARTS) is 1. The molecule has 1 aliphatic rings. The quantitative estimate of drug-likeness (QED) is 0.758. The summed E-state index contributed by atoms with van der Waals surface area (Å²) in [6.07, 6.45) is 1.76. The zero-order valence-corrected chi connectivity index (χ0v) is 14.8. The van der Waals surface area contributed by atoms with E-state index in [1.54, 1.807) is 0 Å². The maximum atomic E-state index is 12.6. The van der Waals surface area contributed by atoms with Crippen molar-refractivity contribution < 1.29 is 19.4 Å². The summed E-state index contributed by atoms with van der Waals surface area (Å²) in [5, 5.41) is 12.1. The molecule has 1 aliphatic heterocycles. The molecular formula is C17H22BrNO4. The van der Waals surface area contributed by atoms with E-state index < -0.39 is 11.5 Å². The highest BCUT2D eigenvalue weighted by molar-refractivity contribution is 9.10. The Morgan fingerprint density at radius 2 is 2.26 bits per heavy atom. The summed E-state index contributed by atoms with van der Waals surface area (Å²) >= 11 is 3.44. The molecule has 1 heterocycles. The third-order valence-electron chi connectivity index (χ3n) is 4.22. The lowest BCUT2D eigenvalue weighted by Gasteiger charge is -2.29. The number of ether oxygens (including phenoxy) is 1. The maximum absolute atomic E-state index is 12.6. The van der Waals surface area contributed by atoms with Gasteiger partial charge in [0.05, 0.1) is 18.6 Å². The van der Waals surface area contributed by atoms with Crippen molar-refractivity contribution in [1.82, 2.24) is 5.32 Å². The monoisotopic (exact) mass is 383 g/mol. The summed E-state index contributed by atoms with van der Waals surface area (Å²) in [5.74, 6) is -1.20. The number of carbonyl (C=O) groups is 2. The van der Waals surface area contributed by atoms with Gasteiger partial charge in [0, 0.05) is 17.0 Å². The molecule has 0 aromatic heterocycles. The fourth-order valence-electron chi connectivity index (χ4n) is 2.91. The molecule has 0 radical (unpaired) electrons. The van der Waals surface area contributed by atoms with Crippen LogP contribution < -0.4 is 5.32 Å². The molecule has 2 atom stereocenters. The molecule has 0 bridgehead atoms. The Hall–Kier alpha value is -1.40. The van der Waals surface area contributed by atoms with Crippen LogP contribution in [0.3, 0.4) is 0 Å². The van der Waals surface area contributed by atoms with Crippen LogP contribution in [0, 0.1) is 5.92 Å². The predicted octanol–water partition coefficient (Wildman–Crippen LogP) is 2.77. The van der Waals surface area contributed by atoms with Gasteiger partial charge >= 0.3 is 5.97 Å². The molecule has 0 spiro atoms. The molecule has 2 N–H and O–H groups in total. The Balaban J connectivity index is 2.05. The van der Waals surface area contributed by atoms with Crippen LogP contribution in [-0.2, 0) is 20.7 Å². The summed E-state index contributed by atoms with van der Waals surface area (Å²) < 4.78 is 6.31. The molecule has 0 saturated carbocycles. The zero-order chi connectivity index (χ0) is 16.9. The summed E-state index contributed by atoms with van der Waals surface area (Å²) in [4.78, 5) is 23.7. The highest BCUT2D eigenvalue weighted by atomic mass is 79.9. The number of carboxylic acids is 1. The van der Waals surface area contributed by atoms with Gasteiger partial charge in [0.15, 0.2) is 0 Å². The van der Waals surface area contributed by atoms with E-state index >= 15 is 0 Å². The third-order valence-corrected chi connectivity index (χ3v) is 4.71. The highest BCUT2D eigenvalue weighted by Gasteiger charge is 2.39. The number of nitrogens with one attached hydrogen (secondary N) is 1. The lowest BCUT2D eigenvalue weighted by molar-refractivity contribution is -0.139. The van der Waals surface area contributed by atoms with Gasteiger partial charge in [-0.3, -0.25) is 9.59 Å². The van der Waals surface area contributed by atoms with Crippen LogP contribution in [-0.4, -0.2) is 35.7 Å². The van der Waals surface area contributed by atoms with Gasteiger partial charge in [-0.25, -0.2) is 0 Å². The number of carbonyl (C=O) groups excluding carboxylic acids is 1.